The van der Waals surface area contributed by atoms with Crippen LogP contribution in [0.4, 0.5) is 0 Å². The van der Waals surface area contributed by atoms with Gasteiger partial charge in [-0.1, -0.05) is 42.5 Å². The zero-order chi connectivity index (χ0) is 15.0. The molecule has 0 radical (unpaired) electrons. The van der Waals surface area contributed by atoms with Crippen LogP contribution < -0.4 is 0 Å². The summed E-state index contributed by atoms with van der Waals surface area (Å²) in [5.41, 5.74) is 1.06. The van der Waals surface area contributed by atoms with E-state index in [-0.39, 0.29) is 12.3 Å². The van der Waals surface area contributed by atoms with Crippen molar-refractivity contribution in [2.45, 2.75) is 0 Å². The maximum Gasteiger partial charge on any atom is 0.0708 e. The molecule has 22 heavy (non-hydrogen) atoms. The molecule has 0 fully saturated rings. The van der Waals surface area contributed by atoms with Gasteiger partial charge in [-0.15, -0.1) is 0 Å². The van der Waals surface area contributed by atoms with Crippen LogP contribution in [0.3, 0.4) is 0 Å². The van der Waals surface area contributed by atoms with E-state index in [0.29, 0.717) is 0 Å². The van der Waals surface area contributed by atoms with Crippen LogP contribution in [0.5, 0.6) is 0 Å². The Morgan fingerprint density at radius 1 is 0.909 bits per heavy atom. The molecule has 3 aromatic rings. The summed E-state index contributed by atoms with van der Waals surface area (Å²) in [5.74, 6) is 0. The minimum Gasteiger partial charge on any atom is -0.693 e. The minimum absolute atomic E-state index is 0. The number of rotatable bonds is 0. The van der Waals surface area contributed by atoms with E-state index in [1.165, 1.54) is 16.2 Å². The summed E-state index contributed by atoms with van der Waals surface area (Å²) in [7, 11) is 4.61. The molecule has 1 heterocycles. The predicted molar refractivity (Wildman–Crippen MR) is 86.0 cm³/mol. The summed E-state index contributed by atoms with van der Waals surface area (Å²) < 4.78 is 0. The van der Waals surface area contributed by atoms with Crippen molar-refractivity contribution in [3.8, 4) is 0 Å². The summed E-state index contributed by atoms with van der Waals surface area (Å²) in [6, 6.07) is 16.6. The van der Waals surface area contributed by atoms with Crippen molar-refractivity contribution in [3.63, 3.8) is 0 Å². The molecule has 0 unspecified atom stereocenters. The normalized spacial score (nSPS) is 8.32. The van der Waals surface area contributed by atoms with Gasteiger partial charge in [0, 0.05) is 17.0 Å². The Morgan fingerprint density at radius 3 is 1.95 bits per heavy atom. The second-order valence-corrected chi connectivity index (χ2v) is 3.59. The fraction of sp³-hybridized carbons (Fsp3) is 0. The number of halogens is 1. The smallest absolute Gasteiger partial charge is 0.0708 e. The van der Waals surface area contributed by atoms with Gasteiger partial charge in [0.2, 0.25) is 0 Å². The summed E-state index contributed by atoms with van der Waals surface area (Å²) in [6.07, 6.45) is 1.93. The Labute approximate surface area is 142 Å². The van der Waals surface area contributed by atoms with Gasteiger partial charge in [-0.05, 0) is 11.5 Å². The van der Waals surface area contributed by atoms with Gasteiger partial charge in [-0.2, -0.15) is 0 Å². The first-order valence-electron chi connectivity index (χ1n) is 5.34. The molecule has 0 spiro atoms. The molecule has 2 aromatic carbocycles. The average Bonchev–Trinajstić information content (AvgIpc) is 2.49. The van der Waals surface area contributed by atoms with E-state index in [1.54, 1.807) is 18.8 Å². The number of fused-ring (bicyclic) bond motifs is 3. The van der Waals surface area contributed by atoms with Crippen LogP contribution in [0.25, 0.3) is 34.0 Å². The molecular formula is C13H13ClN4O3Pt-3. The molecule has 3 rings (SSSR count). The van der Waals surface area contributed by atoms with Crippen LogP contribution in [0.1, 0.15) is 0 Å². The molecule has 9 heteroatoms. The largest absolute Gasteiger partial charge is 0.693 e. The first-order valence-corrected chi connectivity index (χ1v) is 8.16. The Hall–Kier alpha value is -1.79. The number of nitrogens with two attached hydrogens (primary N) is 2. The predicted octanol–water partition coefficient (Wildman–Crippen LogP) is 5.27. The number of benzene rings is 2. The van der Waals surface area contributed by atoms with Crippen LogP contribution in [-0.2, 0) is 18.8 Å². The minimum atomic E-state index is -1.75. The zero-order valence-electron chi connectivity index (χ0n) is 11.2. The monoisotopic (exact) mass is 503 g/mol. The molecule has 0 aliphatic heterocycles. The number of hydrogen-bond acceptors (Lipinski definition) is 4. The molecule has 4 N–H and O–H groups in total. The van der Waals surface area contributed by atoms with E-state index in [4.69, 9.17) is 15.3 Å². The third-order valence-electron chi connectivity index (χ3n) is 2.50. The van der Waals surface area contributed by atoms with Crippen LogP contribution in [0.15, 0.2) is 54.7 Å². The molecule has 0 amide bonds. The standard InChI is InChI=1S/C13H9N.ClH.NO3.2H2N.Pt/c1-2-6-11-10(5-1)9-14-13-8-4-3-7-12(11)13;;2-1(3)4;;;/h1-9H;1H;;2*1H2;/q;;3*-1;+1/p-1. The van der Waals surface area contributed by atoms with E-state index in [1.807, 2.05) is 24.4 Å². The Morgan fingerprint density at radius 2 is 1.36 bits per heavy atom. The van der Waals surface area contributed by atoms with Crippen molar-refractivity contribution in [3.05, 3.63) is 82.4 Å². The fourth-order valence-corrected chi connectivity index (χ4v) is 1.81. The van der Waals surface area contributed by atoms with Crippen LogP contribution in [-0.4, -0.2) is 10.1 Å². The van der Waals surface area contributed by atoms with Crippen molar-refractivity contribution in [1.82, 2.24) is 4.98 Å². The Bertz CT molecular complexity index is 656. The molecule has 0 aliphatic carbocycles. The number of nitrogens with zero attached hydrogens (tertiary/aromatic N) is 2. The van der Waals surface area contributed by atoms with Gasteiger partial charge in [0.1, 0.15) is 0 Å². The van der Waals surface area contributed by atoms with Crippen molar-refractivity contribution in [2.75, 3.05) is 0 Å². The summed E-state index contributed by atoms with van der Waals surface area (Å²) in [5, 5.41) is 18.5. The average molecular weight is 504 g/mol. The Balaban J connectivity index is 0. The van der Waals surface area contributed by atoms with Gasteiger partial charge < -0.3 is 27.6 Å². The first kappa shape index (κ1) is 22.5. The van der Waals surface area contributed by atoms with Crippen LogP contribution >= 0.6 is 9.42 Å². The van der Waals surface area contributed by atoms with E-state index in [0.717, 1.165) is 5.52 Å². The second-order valence-electron chi connectivity index (χ2n) is 3.59. The van der Waals surface area contributed by atoms with Gasteiger partial charge in [0.05, 0.1) is 10.6 Å². The summed E-state index contributed by atoms with van der Waals surface area (Å²) >= 11 is 1.61. The number of aromatic nitrogens is 1. The van der Waals surface area contributed by atoms with E-state index in [9.17, 15) is 0 Å². The summed E-state index contributed by atoms with van der Waals surface area (Å²) in [6.45, 7) is 0. The first-order chi connectivity index (χ1) is 9.68. The van der Waals surface area contributed by atoms with Gasteiger partial charge in [0.15, 0.2) is 0 Å². The fourth-order valence-electron chi connectivity index (χ4n) is 1.81. The van der Waals surface area contributed by atoms with Gasteiger partial charge in [-0.3, -0.25) is 4.98 Å². The van der Waals surface area contributed by atoms with Crippen molar-refractivity contribution in [2.24, 2.45) is 0 Å². The molecule has 0 saturated carbocycles. The summed E-state index contributed by atoms with van der Waals surface area (Å²) in [4.78, 5) is 12.7. The van der Waals surface area contributed by atoms with Gasteiger partial charge >= 0.3 is 28.2 Å². The second kappa shape index (κ2) is 11.8. The van der Waals surface area contributed by atoms with Gasteiger partial charge in [0.25, 0.3) is 0 Å². The zero-order valence-corrected chi connectivity index (χ0v) is 14.2. The van der Waals surface area contributed by atoms with Crippen LogP contribution in [0.2, 0.25) is 0 Å². The maximum absolute atomic E-state index is 8.25. The molecule has 0 saturated heterocycles. The topological polar surface area (TPSA) is 146 Å². The quantitative estimate of drug-likeness (QED) is 0.233. The van der Waals surface area contributed by atoms with Crippen LogP contribution in [0, 0.1) is 15.3 Å². The molecule has 0 bridgehead atoms. The van der Waals surface area contributed by atoms with Crippen molar-refractivity contribution in [1.29, 1.82) is 0 Å². The molecule has 0 atom stereocenters. The molecule has 123 valence electrons. The third-order valence-corrected chi connectivity index (χ3v) is 2.50. The number of pyridine rings is 1. The van der Waals surface area contributed by atoms with Crippen molar-refractivity contribution < 1.29 is 23.9 Å². The van der Waals surface area contributed by atoms with E-state index >= 15 is 0 Å². The van der Waals surface area contributed by atoms with E-state index < -0.39 is 5.09 Å². The van der Waals surface area contributed by atoms with Crippen molar-refractivity contribution >= 4 is 31.1 Å². The van der Waals surface area contributed by atoms with Gasteiger partial charge in [-0.25, -0.2) is 0 Å². The number of hydrogen-bond donors (Lipinski definition) is 0. The molecular weight excluding hydrogens is 491 g/mol. The third kappa shape index (κ3) is 6.32. The molecule has 1 aromatic heterocycles. The Kier molecular flexibility index (Phi) is 12.1. The number of para-hydroxylation sites is 1. The van der Waals surface area contributed by atoms with E-state index in [2.05, 4.69) is 44.7 Å². The maximum atomic E-state index is 8.25. The SMILES string of the molecule is O=[N+]([O-])[O-].[Cl][Pt].[NH2-].[NH2-].c1ccc2c(c1)cnc1ccccc12. The molecule has 7 nitrogen and oxygen atoms in total. The molecule has 0 aliphatic rings.